The van der Waals surface area contributed by atoms with Crippen molar-refractivity contribution in [3.63, 3.8) is 0 Å². The molecule has 29 heavy (non-hydrogen) atoms. The van der Waals surface area contributed by atoms with E-state index in [1.54, 1.807) is 18.5 Å². The van der Waals surface area contributed by atoms with E-state index in [2.05, 4.69) is 20.2 Å². The van der Waals surface area contributed by atoms with Crippen molar-refractivity contribution in [2.45, 2.75) is 38.5 Å². The number of hydrogen-bond donors (Lipinski definition) is 3. The van der Waals surface area contributed by atoms with Crippen LogP contribution in [0, 0.1) is 0 Å². The number of H-pyrrole nitrogens is 1. The minimum atomic E-state index is -0.422. The minimum absolute atomic E-state index is 0.0433. The molecule has 1 aliphatic rings. The van der Waals surface area contributed by atoms with Crippen LogP contribution in [0.1, 0.15) is 20.8 Å². The van der Waals surface area contributed by atoms with E-state index in [0.29, 0.717) is 30.4 Å². The number of anilines is 1. The number of carbonyl (C=O) groups is 1. The third-order valence-corrected chi connectivity index (χ3v) is 5.43. The maximum Gasteiger partial charge on any atom is 0.244 e. The summed E-state index contributed by atoms with van der Waals surface area (Å²) in [5.41, 5.74) is 8.05. The first kappa shape index (κ1) is 20.1. The number of ether oxygens (including phenoxy) is 1. The molecule has 2 atom stereocenters. The molecule has 3 heterocycles. The molecule has 0 unspecified atom stereocenters. The summed E-state index contributed by atoms with van der Waals surface area (Å²) in [6.07, 6.45) is 3.50. The molecule has 1 fully saturated rings. The molecular weight excluding hydrogens is 390 g/mol. The van der Waals surface area contributed by atoms with Crippen LogP contribution in [0.5, 0.6) is 0 Å². The molecule has 0 saturated carbocycles. The van der Waals surface area contributed by atoms with Gasteiger partial charge in [0.05, 0.1) is 35.1 Å². The van der Waals surface area contributed by atoms with Gasteiger partial charge in [0.15, 0.2) is 0 Å². The largest absolute Gasteiger partial charge is 0.372 e. The van der Waals surface area contributed by atoms with Crippen molar-refractivity contribution in [2.24, 2.45) is 5.73 Å². The Balaban J connectivity index is 1.66. The number of aromatic amines is 1. The number of benzene rings is 1. The summed E-state index contributed by atoms with van der Waals surface area (Å²) in [6, 6.07) is 5.11. The van der Waals surface area contributed by atoms with Crippen LogP contribution in [-0.2, 0) is 9.53 Å². The molecule has 1 aliphatic heterocycles. The highest BCUT2D eigenvalue weighted by molar-refractivity contribution is 6.32. The molecule has 0 bridgehead atoms. The number of aromatic nitrogens is 2. The average molecular weight is 416 g/mol. The van der Waals surface area contributed by atoms with Gasteiger partial charge in [-0.2, -0.15) is 0 Å². The number of fused-ring (bicyclic) bond motifs is 3. The van der Waals surface area contributed by atoms with Crippen molar-refractivity contribution in [3.05, 3.63) is 35.6 Å². The van der Waals surface area contributed by atoms with E-state index in [1.807, 2.05) is 32.9 Å². The third kappa shape index (κ3) is 4.09. The van der Waals surface area contributed by atoms with E-state index in [4.69, 9.17) is 22.1 Å². The van der Waals surface area contributed by atoms with Gasteiger partial charge in [-0.15, -0.1) is 0 Å². The molecule has 7 nitrogen and oxygen atoms in total. The van der Waals surface area contributed by atoms with Gasteiger partial charge in [0.1, 0.15) is 6.04 Å². The number of nitrogens with two attached hydrogens (primary N) is 1. The van der Waals surface area contributed by atoms with Gasteiger partial charge in [0.25, 0.3) is 0 Å². The van der Waals surface area contributed by atoms with E-state index >= 15 is 0 Å². The van der Waals surface area contributed by atoms with E-state index in [0.717, 1.165) is 21.8 Å². The van der Waals surface area contributed by atoms with E-state index in [-0.39, 0.29) is 17.6 Å². The van der Waals surface area contributed by atoms with Crippen molar-refractivity contribution in [2.75, 3.05) is 25.0 Å². The molecule has 1 amide bonds. The van der Waals surface area contributed by atoms with Gasteiger partial charge in [0.2, 0.25) is 5.91 Å². The number of carbonyl (C=O) groups excluding carboxylic acids is 1. The molecule has 1 aromatic carbocycles. The number of amides is 1. The maximum absolute atomic E-state index is 13.2. The van der Waals surface area contributed by atoms with Crippen LogP contribution < -0.4 is 11.1 Å². The Morgan fingerprint density at radius 3 is 3.03 bits per heavy atom. The monoisotopic (exact) mass is 415 g/mol. The number of hydrogen-bond acceptors (Lipinski definition) is 5. The fraction of sp³-hybridized carbons (Fsp3) is 0.429. The number of nitrogens with zero attached hydrogens (tertiary/aromatic N) is 2. The SMILES string of the molecule is C[C@H](N)CN1CC(C)(C)OC[C@H]1C(=O)Nc1cc(Cl)cc2c1[nH]c1cnccc12. The Morgan fingerprint density at radius 2 is 2.28 bits per heavy atom. The summed E-state index contributed by atoms with van der Waals surface area (Å²) in [7, 11) is 0. The Labute approximate surface area is 174 Å². The van der Waals surface area contributed by atoms with Gasteiger partial charge in [-0.1, -0.05) is 11.6 Å². The number of rotatable bonds is 4. The summed E-state index contributed by atoms with van der Waals surface area (Å²) in [6.45, 7) is 7.55. The molecule has 0 spiro atoms. The van der Waals surface area contributed by atoms with Crippen molar-refractivity contribution in [1.29, 1.82) is 0 Å². The number of pyridine rings is 1. The van der Waals surface area contributed by atoms with Gasteiger partial charge in [0, 0.05) is 41.1 Å². The molecule has 1 saturated heterocycles. The van der Waals surface area contributed by atoms with Crippen LogP contribution in [0.4, 0.5) is 5.69 Å². The zero-order valence-corrected chi connectivity index (χ0v) is 17.6. The molecular formula is C21H26ClN5O2. The van der Waals surface area contributed by atoms with Crippen LogP contribution in [0.3, 0.4) is 0 Å². The lowest BCUT2D eigenvalue weighted by Crippen LogP contribution is -2.60. The molecule has 0 radical (unpaired) electrons. The van der Waals surface area contributed by atoms with Crippen LogP contribution in [-0.4, -0.2) is 58.2 Å². The van der Waals surface area contributed by atoms with Crippen molar-refractivity contribution < 1.29 is 9.53 Å². The highest BCUT2D eigenvalue weighted by Gasteiger charge is 2.38. The summed E-state index contributed by atoms with van der Waals surface area (Å²) in [5, 5.41) is 5.56. The summed E-state index contributed by atoms with van der Waals surface area (Å²) >= 11 is 6.35. The van der Waals surface area contributed by atoms with Crippen LogP contribution in [0.2, 0.25) is 5.02 Å². The van der Waals surface area contributed by atoms with E-state index in [1.165, 1.54) is 0 Å². The number of halogens is 1. The Bertz CT molecular complexity index is 1060. The summed E-state index contributed by atoms with van der Waals surface area (Å²) in [4.78, 5) is 22.8. The standard InChI is InChI=1S/C21H26ClN5O2/c1-12(23)9-27-11-21(2,3)29-10-18(27)20(28)26-16-7-13(22)6-15-14-4-5-24-8-17(14)25-19(15)16/h4-8,12,18,25H,9-11,23H2,1-3H3,(H,26,28)/t12-,18-/m0/s1. The topological polar surface area (TPSA) is 96.3 Å². The molecule has 0 aliphatic carbocycles. The maximum atomic E-state index is 13.2. The smallest absolute Gasteiger partial charge is 0.244 e. The lowest BCUT2D eigenvalue weighted by Gasteiger charge is -2.43. The molecule has 3 aromatic rings. The van der Waals surface area contributed by atoms with Crippen LogP contribution >= 0.6 is 11.6 Å². The highest BCUT2D eigenvalue weighted by atomic mass is 35.5. The first-order valence-electron chi connectivity index (χ1n) is 9.73. The third-order valence-electron chi connectivity index (χ3n) is 5.21. The van der Waals surface area contributed by atoms with Crippen LogP contribution in [0.15, 0.2) is 30.6 Å². The normalized spacial score (nSPS) is 20.8. The molecule has 4 rings (SSSR count). The molecule has 2 aromatic heterocycles. The zero-order valence-electron chi connectivity index (χ0n) is 16.8. The predicted molar refractivity (Wildman–Crippen MR) is 116 cm³/mol. The fourth-order valence-corrected chi connectivity index (χ4v) is 4.21. The van der Waals surface area contributed by atoms with Gasteiger partial charge >= 0.3 is 0 Å². The zero-order chi connectivity index (χ0) is 20.8. The second-order valence-corrected chi connectivity index (χ2v) is 8.84. The lowest BCUT2D eigenvalue weighted by atomic mass is 10.0. The van der Waals surface area contributed by atoms with Crippen LogP contribution in [0.25, 0.3) is 21.8 Å². The first-order chi connectivity index (χ1) is 13.7. The molecule has 8 heteroatoms. The quantitative estimate of drug-likeness (QED) is 0.608. The van der Waals surface area contributed by atoms with Gasteiger partial charge in [-0.05, 0) is 39.0 Å². The molecule has 4 N–H and O–H groups in total. The summed E-state index contributed by atoms with van der Waals surface area (Å²) < 4.78 is 5.92. The lowest BCUT2D eigenvalue weighted by molar-refractivity contribution is -0.143. The number of nitrogens with one attached hydrogen (secondary N) is 2. The second-order valence-electron chi connectivity index (χ2n) is 8.40. The highest BCUT2D eigenvalue weighted by Crippen LogP contribution is 2.33. The van der Waals surface area contributed by atoms with E-state index in [9.17, 15) is 4.79 Å². The van der Waals surface area contributed by atoms with Crippen molar-refractivity contribution in [3.8, 4) is 0 Å². The van der Waals surface area contributed by atoms with Crippen molar-refractivity contribution >= 4 is 45.0 Å². The Kier molecular flexibility index (Phi) is 5.25. The van der Waals surface area contributed by atoms with Gasteiger partial charge in [-0.25, -0.2) is 0 Å². The van der Waals surface area contributed by atoms with Crippen molar-refractivity contribution in [1.82, 2.24) is 14.9 Å². The van der Waals surface area contributed by atoms with Gasteiger partial charge in [-0.3, -0.25) is 14.7 Å². The first-order valence-corrected chi connectivity index (χ1v) is 10.1. The Hall–Kier alpha value is -2.19. The number of morpholine rings is 1. The Morgan fingerprint density at radius 1 is 1.48 bits per heavy atom. The fourth-order valence-electron chi connectivity index (χ4n) is 3.99. The second kappa shape index (κ2) is 7.57. The van der Waals surface area contributed by atoms with E-state index < -0.39 is 6.04 Å². The molecule has 154 valence electrons. The summed E-state index contributed by atoms with van der Waals surface area (Å²) in [5.74, 6) is -0.138. The predicted octanol–water partition coefficient (Wildman–Crippen LogP) is 3.13. The minimum Gasteiger partial charge on any atom is -0.372 e. The van der Waals surface area contributed by atoms with Gasteiger partial charge < -0.3 is 20.8 Å². The average Bonchev–Trinajstić information content (AvgIpc) is 2.99.